The summed E-state index contributed by atoms with van der Waals surface area (Å²) in [7, 11) is 0. The third-order valence-corrected chi connectivity index (χ3v) is 4.05. The van der Waals surface area contributed by atoms with Crippen molar-refractivity contribution in [2.45, 2.75) is 34.6 Å². The molecule has 2 aromatic rings. The van der Waals surface area contributed by atoms with Crippen molar-refractivity contribution >= 4 is 23.0 Å². The molecule has 0 aliphatic carbocycles. The molecule has 0 aliphatic rings. The lowest BCUT2D eigenvalue weighted by Crippen LogP contribution is -1.96. The van der Waals surface area contributed by atoms with Crippen molar-refractivity contribution in [1.29, 1.82) is 0 Å². The van der Waals surface area contributed by atoms with Crippen LogP contribution in [0.15, 0.2) is 24.3 Å². The van der Waals surface area contributed by atoms with Gasteiger partial charge in [-0.05, 0) is 97.8 Å². The van der Waals surface area contributed by atoms with Crippen molar-refractivity contribution in [3.63, 3.8) is 0 Å². The Balaban J connectivity index is 2.46. The molecule has 110 valence electrons. The van der Waals surface area contributed by atoms with Crippen LogP contribution in [-0.4, -0.2) is 0 Å². The van der Waals surface area contributed by atoms with Crippen molar-refractivity contribution in [3.8, 4) is 0 Å². The second kappa shape index (κ2) is 5.65. The predicted molar refractivity (Wildman–Crippen MR) is 94.2 cm³/mol. The normalized spacial score (nSPS) is 11.8. The first-order valence-electron chi connectivity index (χ1n) is 7.21. The highest BCUT2D eigenvalue weighted by molar-refractivity contribution is 5.82. The van der Waals surface area contributed by atoms with Crippen LogP contribution in [0.5, 0.6) is 0 Å². The zero-order valence-electron chi connectivity index (χ0n) is 13.5. The first-order chi connectivity index (χ1) is 9.79. The van der Waals surface area contributed by atoms with Crippen LogP contribution < -0.4 is 11.5 Å². The molecule has 0 saturated heterocycles. The lowest BCUT2D eigenvalue weighted by Gasteiger charge is -2.11. The van der Waals surface area contributed by atoms with Crippen LogP contribution in [-0.2, 0) is 0 Å². The van der Waals surface area contributed by atoms with Crippen LogP contribution in [0.25, 0.3) is 11.6 Å². The smallest absolute Gasteiger partial charge is 0.0373 e. The quantitative estimate of drug-likeness (QED) is 0.621. The monoisotopic (exact) mass is 280 g/mol. The number of benzene rings is 2. The highest BCUT2D eigenvalue weighted by Gasteiger charge is 2.05. The van der Waals surface area contributed by atoms with E-state index in [1.165, 1.54) is 16.7 Å². The Labute approximate surface area is 127 Å². The molecule has 0 bridgehead atoms. The van der Waals surface area contributed by atoms with Crippen LogP contribution >= 0.6 is 0 Å². The summed E-state index contributed by atoms with van der Waals surface area (Å²) in [6.07, 6.45) is 2.20. The minimum absolute atomic E-state index is 0.879. The van der Waals surface area contributed by atoms with E-state index >= 15 is 0 Å². The number of allylic oxidation sites excluding steroid dienone is 1. The molecular weight excluding hydrogens is 256 g/mol. The van der Waals surface area contributed by atoms with E-state index in [9.17, 15) is 0 Å². The van der Waals surface area contributed by atoms with Gasteiger partial charge in [0.15, 0.2) is 0 Å². The molecule has 2 heteroatoms. The number of aryl methyl sites for hydroxylation is 4. The van der Waals surface area contributed by atoms with Gasteiger partial charge in [-0.2, -0.15) is 0 Å². The summed E-state index contributed by atoms with van der Waals surface area (Å²) in [5.74, 6) is 0. The Morgan fingerprint density at radius 1 is 0.762 bits per heavy atom. The second-order valence-electron chi connectivity index (χ2n) is 5.92. The van der Waals surface area contributed by atoms with Crippen LogP contribution in [0.3, 0.4) is 0 Å². The third kappa shape index (κ3) is 3.10. The van der Waals surface area contributed by atoms with Gasteiger partial charge in [0.1, 0.15) is 0 Å². The van der Waals surface area contributed by atoms with Crippen molar-refractivity contribution < 1.29 is 0 Å². The van der Waals surface area contributed by atoms with E-state index in [4.69, 9.17) is 11.5 Å². The van der Waals surface area contributed by atoms with E-state index in [0.717, 1.165) is 33.6 Å². The minimum atomic E-state index is 0.879. The Morgan fingerprint density at radius 2 is 1.14 bits per heavy atom. The summed E-state index contributed by atoms with van der Waals surface area (Å²) in [6, 6.07) is 8.54. The van der Waals surface area contributed by atoms with Crippen LogP contribution in [0.4, 0.5) is 11.4 Å². The average molecular weight is 280 g/mol. The van der Waals surface area contributed by atoms with E-state index in [1.54, 1.807) is 0 Å². The predicted octanol–water partition coefficient (Wildman–Crippen LogP) is 4.65. The molecular formula is C19H24N2. The number of anilines is 2. The zero-order chi connectivity index (χ0) is 15.7. The summed E-state index contributed by atoms with van der Waals surface area (Å²) in [6.45, 7) is 10.3. The molecule has 0 aromatic heterocycles. The topological polar surface area (TPSA) is 52.0 Å². The molecule has 21 heavy (non-hydrogen) atoms. The molecule has 4 N–H and O–H groups in total. The number of rotatable bonds is 2. The summed E-state index contributed by atoms with van der Waals surface area (Å²) < 4.78 is 0. The average Bonchev–Trinajstić information content (AvgIpc) is 2.41. The van der Waals surface area contributed by atoms with Gasteiger partial charge in [0.2, 0.25) is 0 Å². The van der Waals surface area contributed by atoms with Crippen LogP contribution in [0.1, 0.15) is 40.3 Å². The van der Waals surface area contributed by atoms with E-state index in [1.807, 2.05) is 13.8 Å². The third-order valence-electron chi connectivity index (χ3n) is 4.05. The Bertz CT molecular complexity index is 678. The van der Waals surface area contributed by atoms with Crippen molar-refractivity contribution in [1.82, 2.24) is 0 Å². The molecule has 0 fully saturated rings. The zero-order valence-corrected chi connectivity index (χ0v) is 13.5. The van der Waals surface area contributed by atoms with Crippen LogP contribution in [0.2, 0.25) is 0 Å². The summed E-state index contributed by atoms with van der Waals surface area (Å²) >= 11 is 0. The molecule has 2 nitrogen and oxygen atoms in total. The molecule has 0 aliphatic heterocycles. The van der Waals surface area contributed by atoms with Crippen molar-refractivity contribution in [3.05, 3.63) is 57.6 Å². The Hall–Kier alpha value is -2.22. The van der Waals surface area contributed by atoms with Gasteiger partial charge >= 0.3 is 0 Å². The first-order valence-corrected chi connectivity index (χ1v) is 7.21. The molecule has 0 saturated carbocycles. The van der Waals surface area contributed by atoms with Gasteiger partial charge in [-0.15, -0.1) is 0 Å². The molecule has 0 heterocycles. The fourth-order valence-electron chi connectivity index (χ4n) is 2.63. The van der Waals surface area contributed by atoms with Gasteiger partial charge in [0, 0.05) is 11.4 Å². The van der Waals surface area contributed by atoms with Gasteiger partial charge in [-0.1, -0.05) is 6.08 Å². The van der Waals surface area contributed by atoms with Gasteiger partial charge in [-0.3, -0.25) is 0 Å². The molecule has 0 spiro atoms. The van der Waals surface area contributed by atoms with E-state index in [-0.39, 0.29) is 0 Å². The fourth-order valence-corrected chi connectivity index (χ4v) is 2.63. The largest absolute Gasteiger partial charge is 0.398 e. The molecule has 0 unspecified atom stereocenters. The van der Waals surface area contributed by atoms with Crippen molar-refractivity contribution in [2.75, 3.05) is 11.5 Å². The highest BCUT2D eigenvalue weighted by Crippen LogP contribution is 2.26. The first kappa shape index (κ1) is 15.2. The maximum absolute atomic E-state index is 6.03. The number of hydrogen-bond acceptors (Lipinski definition) is 2. The number of nitrogens with two attached hydrogens (primary N) is 2. The van der Waals surface area contributed by atoms with Gasteiger partial charge < -0.3 is 11.5 Å². The fraction of sp³-hybridized carbons (Fsp3) is 0.263. The van der Waals surface area contributed by atoms with Crippen LogP contribution in [0, 0.1) is 27.7 Å². The molecule has 2 rings (SSSR count). The molecule has 0 radical (unpaired) electrons. The van der Waals surface area contributed by atoms with Gasteiger partial charge in [0.25, 0.3) is 0 Å². The maximum Gasteiger partial charge on any atom is 0.0373 e. The van der Waals surface area contributed by atoms with Crippen molar-refractivity contribution in [2.24, 2.45) is 0 Å². The van der Waals surface area contributed by atoms with E-state index in [0.29, 0.717) is 0 Å². The molecule has 2 aromatic carbocycles. The Kier molecular flexibility index (Phi) is 4.08. The molecule has 0 amide bonds. The standard InChI is InChI=1S/C19H24N2/c1-11(17-9-14(4)19(21)15(5)10-17)6-16-7-12(2)18(20)13(3)8-16/h6-10H,20-21H2,1-5H3. The summed E-state index contributed by atoms with van der Waals surface area (Å²) in [5, 5.41) is 0. The van der Waals surface area contributed by atoms with E-state index < -0.39 is 0 Å². The SMILES string of the molecule is CC(=Cc1cc(C)c(N)c(C)c1)c1cc(C)c(N)c(C)c1. The van der Waals surface area contributed by atoms with E-state index in [2.05, 4.69) is 51.1 Å². The lowest BCUT2D eigenvalue weighted by molar-refractivity contribution is 1.36. The molecule has 0 atom stereocenters. The Morgan fingerprint density at radius 3 is 1.57 bits per heavy atom. The lowest BCUT2D eigenvalue weighted by atomic mass is 9.97. The highest BCUT2D eigenvalue weighted by atomic mass is 14.6. The van der Waals surface area contributed by atoms with Gasteiger partial charge in [0.05, 0.1) is 0 Å². The van der Waals surface area contributed by atoms with Gasteiger partial charge in [-0.25, -0.2) is 0 Å². The maximum atomic E-state index is 6.03. The summed E-state index contributed by atoms with van der Waals surface area (Å²) in [5.41, 5.74) is 21.9. The summed E-state index contributed by atoms with van der Waals surface area (Å²) in [4.78, 5) is 0. The number of nitrogen functional groups attached to an aromatic ring is 2. The minimum Gasteiger partial charge on any atom is -0.398 e. The number of hydrogen-bond donors (Lipinski definition) is 2. The second-order valence-corrected chi connectivity index (χ2v) is 5.92.